The van der Waals surface area contributed by atoms with Crippen molar-refractivity contribution in [2.75, 3.05) is 5.75 Å². The third kappa shape index (κ3) is 4.70. The summed E-state index contributed by atoms with van der Waals surface area (Å²) in [6.45, 7) is 3.58. The first kappa shape index (κ1) is 13.9. The lowest BCUT2D eigenvalue weighted by atomic mass is 9.97. The number of carbonyl (C=O) groups is 1. The van der Waals surface area contributed by atoms with E-state index >= 15 is 0 Å². The van der Waals surface area contributed by atoms with Crippen molar-refractivity contribution >= 4 is 17.7 Å². The van der Waals surface area contributed by atoms with Crippen molar-refractivity contribution in [3.8, 4) is 0 Å². The Balaban J connectivity index is 2.32. The Morgan fingerprint density at radius 1 is 1.59 bits per heavy atom. The topological polar surface area (TPSA) is 94.9 Å². The molecule has 6 heteroatoms. The highest BCUT2D eigenvalue weighted by atomic mass is 32.2. The maximum Gasteiger partial charge on any atom is 0.237 e. The van der Waals surface area contributed by atoms with Crippen LogP contribution in [0.2, 0.25) is 0 Å². The van der Waals surface area contributed by atoms with Crippen LogP contribution in [-0.4, -0.2) is 27.2 Å². The summed E-state index contributed by atoms with van der Waals surface area (Å²) in [6.07, 6.45) is 3.11. The van der Waals surface area contributed by atoms with Crippen molar-refractivity contribution in [3.05, 3.63) is 18.0 Å². The van der Waals surface area contributed by atoms with Crippen LogP contribution >= 0.6 is 11.8 Å². The van der Waals surface area contributed by atoms with Gasteiger partial charge in [-0.3, -0.25) is 4.79 Å². The molecule has 5 nitrogen and oxygen atoms in total. The van der Waals surface area contributed by atoms with E-state index < -0.39 is 11.4 Å². The largest absolute Gasteiger partial charge is 0.368 e. The number of nitrogens with two attached hydrogens (primary N) is 2. The molecule has 0 spiro atoms. The van der Waals surface area contributed by atoms with Crippen LogP contribution in [0.3, 0.4) is 0 Å². The van der Waals surface area contributed by atoms with Gasteiger partial charge in [0.1, 0.15) is 0 Å². The number of primary amides is 1. The Morgan fingerprint density at radius 2 is 2.29 bits per heavy atom. The first-order chi connectivity index (χ1) is 7.92. The predicted molar refractivity (Wildman–Crippen MR) is 68.5 cm³/mol. The van der Waals surface area contributed by atoms with Gasteiger partial charge >= 0.3 is 0 Å². The van der Waals surface area contributed by atoms with Crippen LogP contribution < -0.4 is 11.5 Å². The summed E-state index contributed by atoms with van der Waals surface area (Å²) >= 11 is 1.56. The molecule has 1 amide bonds. The van der Waals surface area contributed by atoms with Gasteiger partial charge in [0, 0.05) is 17.6 Å². The average molecular weight is 254 g/mol. The third-order valence-electron chi connectivity index (χ3n) is 2.41. The van der Waals surface area contributed by atoms with Gasteiger partial charge < -0.3 is 11.5 Å². The van der Waals surface area contributed by atoms with Crippen LogP contribution in [0, 0.1) is 6.92 Å². The Hall–Kier alpha value is -1.14. The summed E-state index contributed by atoms with van der Waals surface area (Å²) in [4.78, 5) is 19.4. The summed E-state index contributed by atoms with van der Waals surface area (Å²) in [6, 6.07) is 1.86. The van der Waals surface area contributed by atoms with E-state index in [1.165, 1.54) is 0 Å². The number of hydrogen-bond acceptors (Lipinski definition) is 5. The zero-order chi connectivity index (χ0) is 12.9. The minimum absolute atomic E-state index is 0.464. The van der Waals surface area contributed by atoms with Crippen LogP contribution in [-0.2, 0) is 4.79 Å². The van der Waals surface area contributed by atoms with Gasteiger partial charge in [0.05, 0.1) is 5.54 Å². The van der Waals surface area contributed by atoms with Crippen molar-refractivity contribution in [2.45, 2.75) is 37.4 Å². The molecule has 4 N–H and O–H groups in total. The fourth-order valence-corrected chi connectivity index (χ4v) is 2.04. The highest BCUT2D eigenvalue weighted by Crippen LogP contribution is 2.17. The minimum Gasteiger partial charge on any atom is -0.368 e. The van der Waals surface area contributed by atoms with E-state index in [1.54, 1.807) is 24.9 Å². The van der Waals surface area contributed by atoms with Gasteiger partial charge in [0.25, 0.3) is 0 Å². The molecule has 1 rings (SSSR count). The molecule has 1 heterocycles. The molecular weight excluding hydrogens is 236 g/mol. The minimum atomic E-state index is -0.923. The number of carbonyl (C=O) groups excluding carboxylic acids is 1. The lowest BCUT2D eigenvalue weighted by molar-refractivity contribution is -0.122. The standard InChI is InChI=1S/C11H18N4OS/c1-8-4-6-14-10(15-8)17-7-3-5-11(2,13)9(12)16/h4,6H,3,5,7,13H2,1-2H3,(H2,12,16). The van der Waals surface area contributed by atoms with E-state index in [0.29, 0.717) is 6.42 Å². The van der Waals surface area contributed by atoms with Crippen molar-refractivity contribution in [1.29, 1.82) is 0 Å². The molecule has 0 saturated carbocycles. The smallest absolute Gasteiger partial charge is 0.237 e. The maximum absolute atomic E-state index is 11.0. The predicted octanol–water partition coefficient (Wildman–Crippen LogP) is 0.860. The highest BCUT2D eigenvalue weighted by molar-refractivity contribution is 7.99. The number of nitrogens with zero attached hydrogens (tertiary/aromatic N) is 2. The molecule has 1 unspecified atom stereocenters. The van der Waals surface area contributed by atoms with Crippen LogP contribution in [0.25, 0.3) is 0 Å². The fraction of sp³-hybridized carbons (Fsp3) is 0.545. The van der Waals surface area contributed by atoms with Gasteiger partial charge in [-0.15, -0.1) is 0 Å². The number of rotatable bonds is 6. The normalized spacial score (nSPS) is 14.3. The number of aromatic nitrogens is 2. The maximum atomic E-state index is 11.0. The Kier molecular flexibility index (Phi) is 4.89. The molecule has 0 radical (unpaired) electrons. The van der Waals surface area contributed by atoms with Gasteiger partial charge in [-0.25, -0.2) is 9.97 Å². The molecular formula is C11H18N4OS. The Labute approximate surface area is 105 Å². The summed E-state index contributed by atoms with van der Waals surface area (Å²) in [5.74, 6) is 0.359. The monoisotopic (exact) mass is 254 g/mol. The van der Waals surface area contributed by atoms with Crippen molar-refractivity contribution < 1.29 is 4.79 Å². The molecule has 1 aromatic rings. The van der Waals surface area contributed by atoms with Gasteiger partial charge in [-0.1, -0.05) is 11.8 Å². The van der Waals surface area contributed by atoms with Crippen LogP contribution in [0.15, 0.2) is 17.4 Å². The van der Waals surface area contributed by atoms with E-state index in [4.69, 9.17) is 11.5 Å². The fourth-order valence-electron chi connectivity index (χ4n) is 1.22. The highest BCUT2D eigenvalue weighted by Gasteiger charge is 2.24. The van der Waals surface area contributed by atoms with Crippen LogP contribution in [0.1, 0.15) is 25.5 Å². The summed E-state index contributed by atoms with van der Waals surface area (Å²) in [5.41, 5.74) is 11.0. The van der Waals surface area contributed by atoms with E-state index in [2.05, 4.69) is 9.97 Å². The molecule has 0 aliphatic rings. The average Bonchev–Trinajstić information content (AvgIpc) is 2.24. The summed E-state index contributed by atoms with van der Waals surface area (Å²) < 4.78 is 0. The molecule has 0 aromatic carbocycles. The molecule has 94 valence electrons. The molecule has 0 bridgehead atoms. The van der Waals surface area contributed by atoms with Gasteiger partial charge in [-0.05, 0) is 32.8 Å². The number of amides is 1. The Bertz CT molecular complexity index is 395. The third-order valence-corrected chi connectivity index (χ3v) is 3.35. The van der Waals surface area contributed by atoms with E-state index in [-0.39, 0.29) is 0 Å². The van der Waals surface area contributed by atoms with Crippen LogP contribution in [0.4, 0.5) is 0 Å². The van der Waals surface area contributed by atoms with E-state index in [0.717, 1.165) is 23.0 Å². The Morgan fingerprint density at radius 3 is 2.88 bits per heavy atom. The van der Waals surface area contributed by atoms with Crippen molar-refractivity contribution in [2.24, 2.45) is 11.5 Å². The molecule has 17 heavy (non-hydrogen) atoms. The zero-order valence-corrected chi connectivity index (χ0v) is 11.0. The molecule has 1 aromatic heterocycles. The molecule has 0 fully saturated rings. The molecule has 0 saturated heterocycles. The molecule has 1 atom stereocenters. The number of hydrogen-bond donors (Lipinski definition) is 2. The summed E-state index contributed by atoms with van der Waals surface area (Å²) in [7, 11) is 0. The quantitative estimate of drug-likeness (QED) is 0.446. The second kappa shape index (κ2) is 5.97. The van der Waals surface area contributed by atoms with Gasteiger partial charge in [0.15, 0.2) is 5.16 Å². The first-order valence-electron chi connectivity index (χ1n) is 5.43. The first-order valence-corrected chi connectivity index (χ1v) is 6.41. The van der Waals surface area contributed by atoms with Gasteiger partial charge in [0.2, 0.25) is 5.91 Å². The lowest BCUT2D eigenvalue weighted by Gasteiger charge is -2.19. The van der Waals surface area contributed by atoms with E-state index in [9.17, 15) is 4.79 Å². The SMILES string of the molecule is Cc1ccnc(SCCCC(C)(N)C(N)=O)n1. The van der Waals surface area contributed by atoms with Crippen LogP contribution in [0.5, 0.6) is 0 Å². The lowest BCUT2D eigenvalue weighted by Crippen LogP contribution is -2.49. The summed E-state index contributed by atoms with van der Waals surface area (Å²) in [5, 5.41) is 0.753. The van der Waals surface area contributed by atoms with Crippen molar-refractivity contribution in [1.82, 2.24) is 9.97 Å². The van der Waals surface area contributed by atoms with Crippen molar-refractivity contribution in [3.63, 3.8) is 0 Å². The molecule has 0 aliphatic carbocycles. The number of aryl methyl sites for hydroxylation is 1. The zero-order valence-electron chi connectivity index (χ0n) is 10.1. The number of thioether (sulfide) groups is 1. The van der Waals surface area contributed by atoms with Gasteiger partial charge in [-0.2, -0.15) is 0 Å². The van der Waals surface area contributed by atoms with E-state index in [1.807, 2.05) is 13.0 Å². The second-order valence-corrected chi connectivity index (χ2v) is 5.28. The second-order valence-electron chi connectivity index (χ2n) is 4.21. The molecule has 0 aliphatic heterocycles.